The van der Waals surface area contributed by atoms with Crippen molar-refractivity contribution in [1.82, 2.24) is 20.2 Å². The fourth-order valence-corrected chi connectivity index (χ4v) is 15.0. The number of carbonyl (C=O) groups excluding carboxylic acids is 4. The number of aliphatic hydroxyl groups is 1. The van der Waals surface area contributed by atoms with E-state index in [1.54, 1.807) is 55.6 Å². The van der Waals surface area contributed by atoms with Gasteiger partial charge in [-0.1, -0.05) is 75.4 Å². The minimum Gasteiger partial charge on any atom is -0.479 e. The molecular weight excluding hydrogens is 1210 g/mol. The number of anilines is 3. The zero-order valence-electron chi connectivity index (χ0n) is 53.6. The van der Waals surface area contributed by atoms with Crippen LogP contribution in [0.25, 0.3) is 21.9 Å². The van der Waals surface area contributed by atoms with Crippen LogP contribution in [0.5, 0.6) is 5.75 Å². The summed E-state index contributed by atoms with van der Waals surface area (Å²) in [4.78, 5) is 92.4. The Balaban J connectivity index is 0.724. The number of hydrogen-bond donors (Lipinski definition) is 7. The number of aromatic carboxylic acids is 1. The molecule has 2 aromatic heterocycles. The number of nitrogens with one attached hydrogen (secondary N) is 3. The third kappa shape index (κ3) is 18.3. The zero-order chi connectivity index (χ0) is 66.5. The Labute approximate surface area is 544 Å². The number of pyridine rings is 1. The maximum Gasteiger partial charge on any atom is 0.409 e. The van der Waals surface area contributed by atoms with E-state index < -0.39 is 48.0 Å². The third-order valence-electron chi connectivity index (χ3n) is 17.2. The SMILES string of the molecule is CC(=NCC1(C)CC2(C)CC(C)(C)CC(OCCOCCOCCN(C)C(=O)OC/C=C/c3ccc(OC4CC(O)CC(C(=O)O)O4)c(NC(=O)CCNC=O)c3)(C1)C2)C(=CN)c1ccc(N2CCc3cccc(C(=O)Nc4nc5ccccc5s4)c3C2)nc1C(=O)O. The first kappa shape index (κ1) is 69.0. The lowest BCUT2D eigenvalue weighted by Gasteiger charge is -2.61. The normalized spacial score (nSPS) is 22.8. The quantitative estimate of drug-likeness (QED) is 0.0133. The van der Waals surface area contributed by atoms with E-state index in [4.69, 9.17) is 44.1 Å². The number of likely N-dealkylation sites (N-methyl/N-ethyl adjacent to an activating group) is 1. The van der Waals surface area contributed by atoms with Crippen molar-refractivity contribution in [1.29, 1.82) is 0 Å². The number of nitrogens with two attached hydrogens (primary N) is 1. The van der Waals surface area contributed by atoms with Gasteiger partial charge in [-0.3, -0.25) is 24.7 Å². The Morgan fingerprint density at radius 2 is 1.68 bits per heavy atom. The van der Waals surface area contributed by atoms with Crippen molar-refractivity contribution in [2.24, 2.45) is 27.0 Å². The molecule has 4 amide bonds. The third-order valence-corrected chi connectivity index (χ3v) is 18.2. The summed E-state index contributed by atoms with van der Waals surface area (Å²) < 4.78 is 36.5. The van der Waals surface area contributed by atoms with E-state index in [1.165, 1.54) is 22.4 Å². The first-order valence-corrected chi connectivity index (χ1v) is 32.2. The van der Waals surface area contributed by atoms with Gasteiger partial charge >= 0.3 is 18.0 Å². The molecule has 0 spiro atoms. The maximum absolute atomic E-state index is 13.8. The highest BCUT2D eigenvalue weighted by Crippen LogP contribution is 2.63. The van der Waals surface area contributed by atoms with Gasteiger partial charge in [0.1, 0.15) is 18.2 Å². The molecule has 25 heteroatoms. The van der Waals surface area contributed by atoms with Gasteiger partial charge in [-0.25, -0.2) is 24.4 Å². The van der Waals surface area contributed by atoms with Gasteiger partial charge in [0.15, 0.2) is 16.9 Å². The molecule has 6 atom stereocenters. The molecule has 8 N–H and O–H groups in total. The monoisotopic (exact) mass is 1300 g/mol. The van der Waals surface area contributed by atoms with Crippen molar-refractivity contribution >= 4 is 91.8 Å². The smallest absolute Gasteiger partial charge is 0.409 e. The Kier molecular flexibility index (Phi) is 22.7. The number of aliphatic imine (C=N–C) groups is 1. The number of aliphatic hydroxyl groups excluding tert-OH is 1. The number of hydrogen-bond acceptors (Lipinski definition) is 19. The second-order valence-corrected chi connectivity index (χ2v) is 27.0. The highest BCUT2D eigenvalue weighted by molar-refractivity contribution is 7.22. The predicted molar refractivity (Wildman–Crippen MR) is 352 cm³/mol. The van der Waals surface area contributed by atoms with Crippen LogP contribution in [0.4, 0.5) is 21.4 Å². The average Bonchev–Trinajstić information content (AvgIpc) is 1.18. The molecule has 2 saturated carbocycles. The molecule has 6 unspecified atom stereocenters. The highest BCUT2D eigenvalue weighted by Gasteiger charge is 2.58. The molecule has 24 nitrogen and oxygen atoms in total. The molecule has 5 aromatic rings. The van der Waals surface area contributed by atoms with Gasteiger partial charge in [-0.2, -0.15) is 0 Å². The second-order valence-electron chi connectivity index (χ2n) is 26.0. The summed E-state index contributed by atoms with van der Waals surface area (Å²) in [5, 5.41) is 39.0. The molecule has 93 heavy (non-hydrogen) atoms. The van der Waals surface area contributed by atoms with Gasteiger partial charge < -0.3 is 69.9 Å². The van der Waals surface area contributed by atoms with Crippen LogP contribution in [-0.4, -0.2) is 169 Å². The van der Waals surface area contributed by atoms with Crippen molar-refractivity contribution in [3.8, 4) is 5.75 Å². The minimum absolute atomic E-state index is 0.0115. The molecule has 2 bridgehead atoms. The standard InChI is InChI=1S/C68H85N9O15S/c1-43(49(34-69)47-17-19-56(74-59(47)62(84)85)77-23-21-45-12-9-13-48(50(45)35-77)60(81)75-63-73-51-14-7-8-15-55(51)93-63)71-41-67(5)38-66(4)36-65(2,3)37-68(39-66,40-67)90-30-29-88-28-27-87-26-24-76(6)64(86)89-25-10-11-44-16-18-53(52(31-44)72-57(80)20-22-70-42-78)91-58-33-46(79)32-54(92-58)61(82)83/h7-19,31,34,42,46,54,58,79H,20-30,32-33,35-41,69H2,1-6H3,(H,70,78)(H,72,80)(H,82,83)(H,84,85)(H,73,75,81)/b11-10+,49-34?,71-43?. The number of nitrogens with zero attached hydrogens (tertiary/aromatic N) is 5. The van der Waals surface area contributed by atoms with Gasteiger partial charge in [-0.15, -0.1) is 0 Å². The van der Waals surface area contributed by atoms with E-state index in [-0.39, 0.29) is 84.8 Å². The summed E-state index contributed by atoms with van der Waals surface area (Å²) in [7, 11) is 1.60. The van der Waals surface area contributed by atoms with Gasteiger partial charge in [0.05, 0.1) is 60.6 Å². The Bertz CT molecular complexity index is 3590. The average molecular weight is 1300 g/mol. The Hall–Kier alpha value is -8.33. The van der Waals surface area contributed by atoms with E-state index in [2.05, 4.69) is 48.6 Å². The number of fused-ring (bicyclic) bond motifs is 4. The van der Waals surface area contributed by atoms with Crippen molar-refractivity contribution in [3.05, 3.63) is 119 Å². The molecule has 2 aliphatic heterocycles. The van der Waals surface area contributed by atoms with Gasteiger partial charge in [-0.05, 0) is 127 Å². The maximum atomic E-state index is 13.8. The number of ether oxygens (including phenoxy) is 6. The molecule has 498 valence electrons. The van der Waals surface area contributed by atoms with E-state index >= 15 is 0 Å². The second kappa shape index (κ2) is 30.6. The molecule has 3 fully saturated rings. The van der Waals surface area contributed by atoms with Crippen LogP contribution in [0.15, 0.2) is 90.1 Å². The number of rotatable bonds is 29. The predicted octanol–water partition coefficient (Wildman–Crippen LogP) is 8.96. The number of benzene rings is 3. The number of thiazole rings is 1. The molecule has 0 radical (unpaired) electrons. The summed E-state index contributed by atoms with van der Waals surface area (Å²) in [5.74, 6) is -2.50. The molecule has 4 aliphatic rings. The number of carboxylic acid groups (broad SMARTS) is 2. The largest absolute Gasteiger partial charge is 0.479 e. The number of amides is 4. The van der Waals surface area contributed by atoms with Crippen molar-refractivity contribution < 1.29 is 72.5 Å². The lowest BCUT2D eigenvalue weighted by atomic mass is 9.48. The first-order valence-electron chi connectivity index (χ1n) is 31.3. The molecule has 9 rings (SSSR count). The Morgan fingerprint density at radius 3 is 2.44 bits per heavy atom. The first-order chi connectivity index (χ1) is 44.4. The van der Waals surface area contributed by atoms with E-state index in [0.29, 0.717) is 97.8 Å². The van der Waals surface area contributed by atoms with Crippen LogP contribution >= 0.6 is 11.3 Å². The van der Waals surface area contributed by atoms with Gasteiger partial charge in [0, 0.05) is 87.6 Å². The Morgan fingerprint density at radius 1 is 0.892 bits per heavy atom. The number of allylic oxidation sites excluding steroid dienone is 1. The fraction of sp³-hybridized carbons (Fsp3) is 0.485. The van der Waals surface area contributed by atoms with E-state index in [0.717, 1.165) is 53.4 Å². The van der Waals surface area contributed by atoms with Crippen LogP contribution in [0.1, 0.15) is 129 Å². The van der Waals surface area contributed by atoms with Crippen molar-refractivity contribution in [3.63, 3.8) is 0 Å². The number of para-hydroxylation sites is 1. The number of carboxylic acids is 2. The van der Waals surface area contributed by atoms with Crippen LogP contribution in [0, 0.1) is 16.2 Å². The fourth-order valence-electron chi connectivity index (χ4n) is 14.2. The zero-order valence-corrected chi connectivity index (χ0v) is 54.4. The van der Waals surface area contributed by atoms with Crippen LogP contribution < -0.4 is 31.3 Å². The summed E-state index contributed by atoms with van der Waals surface area (Å²) in [6.45, 7) is 14.4. The molecule has 4 heterocycles. The van der Waals surface area contributed by atoms with Crippen LogP contribution in [-0.2, 0) is 51.0 Å². The molecule has 3 aromatic carbocycles. The van der Waals surface area contributed by atoms with E-state index in [1.807, 2.05) is 48.2 Å². The van der Waals surface area contributed by atoms with Gasteiger partial charge in [0.2, 0.25) is 18.6 Å². The van der Waals surface area contributed by atoms with Crippen LogP contribution in [0.2, 0.25) is 0 Å². The molecule has 2 aliphatic carbocycles. The van der Waals surface area contributed by atoms with Gasteiger partial charge in [0.25, 0.3) is 5.91 Å². The number of carbonyl (C=O) groups is 6. The summed E-state index contributed by atoms with van der Waals surface area (Å²) in [6.07, 6.45) is 6.32. The van der Waals surface area contributed by atoms with E-state index in [9.17, 15) is 44.1 Å². The van der Waals surface area contributed by atoms with Crippen molar-refractivity contribution in [2.75, 3.05) is 88.4 Å². The summed E-state index contributed by atoms with van der Waals surface area (Å²) >= 11 is 1.41. The molecule has 1 saturated heterocycles. The van der Waals surface area contributed by atoms with Crippen molar-refractivity contribution in [2.45, 2.75) is 123 Å². The summed E-state index contributed by atoms with van der Waals surface area (Å²) in [5.41, 5.74) is 11.0. The topological polar surface area (TPSA) is 325 Å². The number of aromatic nitrogens is 2. The highest BCUT2D eigenvalue weighted by atomic mass is 32.1. The summed E-state index contributed by atoms with van der Waals surface area (Å²) in [6, 6.07) is 21.8. The lowest BCUT2D eigenvalue weighted by molar-refractivity contribution is -0.195. The van der Waals surface area contributed by atoms with Crippen LogP contribution in [0.3, 0.4) is 0 Å². The minimum atomic E-state index is -1.27. The lowest BCUT2D eigenvalue weighted by Crippen LogP contribution is -2.57. The molecular formula is C68H85N9O15S. The number of aliphatic carboxylic acids is 1.